The number of amides is 2. The maximum Gasteiger partial charge on any atom is 0.253 e. The van der Waals surface area contributed by atoms with E-state index < -0.39 is 22.0 Å². The minimum absolute atomic E-state index is 0.0185. The summed E-state index contributed by atoms with van der Waals surface area (Å²) in [5.41, 5.74) is 0.822. The number of carbonyl (C=O) groups is 2. The van der Waals surface area contributed by atoms with Crippen LogP contribution in [0.15, 0.2) is 42.5 Å². The van der Waals surface area contributed by atoms with Gasteiger partial charge in [0.05, 0.1) is 29.3 Å². The number of benzene rings is 2. The summed E-state index contributed by atoms with van der Waals surface area (Å²) in [6, 6.07) is 10.2. The van der Waals surface area contributed by atoms with Crippen LogP contribution in [-0.2, 0) is 19.6 Å². The van der Waals surface area contributed by atoms with Gasteiger partial charge in [-0.25, -0.2) is 8.42 Å². The molecule has 10 nitrogen and oxygen atoms in total. The largest absolute Gasteiger partial charge is 0.486 e. The molecule has 2 aromatic rings. The molecule has 2 aliphatic rings. The molecule has 1 saturated heterocycles. The zero-order valence-electron chi connectivity index (χ0n) is 19.7. The molecule has 0 saturated carbocycles. The first kappa shape index (κ1) is 24.8. The van der Waals surface area contributed by atoms with Gasteiger partial charge >= 0.3 is 0 Å². The van der Waals surface area contributed by atoms with Gasteiger partial charge < -0.3 is 24.8 Å². The highest BCUT2D eigenvalue weighted by Gasteiger charge is 2.31. The summed E-state index contributed by atoms with van der Waals surface area (Å²) in [6.45, 7) is 3.29. The molecule has 2 aliphatic heterocycles. The fraction of sp³-hybridized carbons (Fsp3) is 0.417. The van der Waals surface area contributed by atoms with Gasteiger partial charge in [0.2, 0.25) is 15.9 Å². The normalized spacial score (nSPS) is 17.9. The van der Waals surface area contributed by atoms with Crippen molar-refractivity contribution in [3.05, 3.63) is 48.0 Å². The number of anilines is 2. The molecule has 0 unspecified atom stereocenters. The number of carbonyl (C=O) groups excluding carboxylic acids is 2. The lowest BCUT2D eigenvalue weighted by atomic mass is 10.1. The fourth-order valence-electron chi connectivity index (χ4n) is 4.11. The minimum Gasteiger partial charge on any atom is -0.486 e. The van der Waals surface area contributed by atoms with E-state index in [0.29, 0.717) is 37.9 Å². The Hall–Kier alpha value is -3.31. The van der Waals surface area contributed by atoms with Crippen molar-refractivity contribution in [1.29, 1.82) is 0 Å². The van der Waals surface area contributed by atoms with Crippen molar-refractivity contribution in [2.24, 2.45) is 0 Å². The third-order valence-electron chi connectivity index (χ3n) is 5.81. The number of fused-ring (bicyclic) bond motifs is 1. The lowest BCUT2D eigenvalue weighted by molar-refractivity contribution is -0.116. The number of sulfonamides is 1. The van der Waals surface area contributed by atoms with Gasteiger partial charge in [-0.3, -0.25) is 13.9 Å². The van der Waals surface area contributed by atoms with Crippen molar-refractivity contribution in [2.75, 3.05) is 42.2 Å². The molecule has 2 aromatic carbocycles. The van der Waals surface area contributed by atoms with Crippen molar-refractivity contribution in [2.45, 2.75) is 31.9 Å². The van der Waals surface area contributed by atoms with Gasteiger partial charge in [-0.05, 0) is 44.0 Å². The summed E-state index contributed by atoms with van der Waals surface area (Å²) in [4.78, 5) is 26.0. The highest BCUT2D eigenvalue weighted by Crippen LogP contribution is 2.35. The molecule has 0 bridgehead atoms. The highest BCUT2D eigenvalue weighted by molar-refractivity contribution is 7.92. The Kier molecular flexibility index (Phi) is 7.46. The van der Waals surface area contributed by atoms with Crippen LogP contribution in [0.25, 0.3) is 0 Å². The van der Waals surface area contributed by atoms with E-state index in [1.165, 1.54) is 13.0 Å². The van der Waals surface area contributed by atoms with Crippen molar-refractivity contribution in [3.8, 4) is 11.5 Å². The van der Waals surface area contributed by atoms with E-state index in [1.54, 1.807) is 36.4 Å². The average molecular weight is 504 g/mol. The quantitative estimate of drug-likeness (QED) is 0.566. The minimum atomic E-state index is -3.84. The van der Waals surface area contributed by atoms with Crippen LogP contribution in [-0.4, -0.2) is 65.0 Å². The first-order valence-corrected chi connectivity index (χ1v) is 13.3. The molecule has 2 heterocycles. The van der Waals surface area contributed by atoms with Gasteiger partial charge in [0.1, 0.15) is 19.3 Å². The molecule has 4 rings (SSSR count). The fourth-order valence-corrected chi connectivity index (χ4v) is 5.28. The Bertz CT molecular complexity index is 1200. The van der Waals surface area contributed by atoms with E-state index in [-0.39, 0.29) is 28.9 Å². The molecular weight excluding hydrogens is 474 g/mol. The molecule has 2 atom stereocenters. The van der Waals surface area contributed by atoms with Crippen molar-refractivity contribution in [1.82, 2.24) is 5.32 Å². The first-order chi connectivity index (χ1) is 16.7. The van der Waals surface area contributed by atoms with Gasteiger partial charge in [-0.1, -0.05) is 12.1 Å². The topological polar surface area (TPSA) is 123 Å². The second kappa shape index (κ2) is 10.5. The second-order valence-corrected chi connectivity index (χ2v) is 10.3. The van der Waals surface area contributed by atoms with Crippen molar-refractivity contribution in [3.63, 3.8) is 0 Å². The molecule has 35 heavy (non-hydrogen) atoms. The predicted octanol–water partition coefficient (Wildman–Crippen LogP) is 2.16. The monoisotopic (exact) mass is 503 g/mol. The van der Waals surface area contributed by atoms with Crippen LogP contribution in [0.3, 0.4) is 0 Å². The number of hydrogen-bond acceptors (Lipinski definition) is 7. The number of ether oxygens (including phenoxy) is 3. The van der Waals surface area contributed by atoms with Gasteiger partial charge in [0.15, 0.2) is 11.5 Å². The van der Waals surface area contributed by atoms with E-state index >= 15 is 0 Å². The summed E-state index contributed by atoms with van der Waals surface area (Å²) in [7, 11) is -3.84. The Morgan fingerprint density at radius 2 is 1.83 bits per heavy atom. The van der Waals surface area contributed by atoms with E-state index in [2.05, 4.69) is 10.6 Å². The summed E-state index contributed by atoms with van der Waals surface area (Å²) >= 11 is 0. The second-order valence-electron chi connectivity index (χ2n) is 8.44. The summed E-state index contributed by atoms with van der Waals surface area (Å²) < 4.78 is 43.0. The smallest absolute Gasteiger partial charge is 0.253 e. The van der Waals surface area contributed by atoms with Crippen LogP contribution < -0.4 is 24.4 Å². The van der Waals surface area contributed by atoms with Crippen LogP contribution in [0.1, 0.15) is 30.1 Å². The van der Waals surface area contributed by atoms with Crippen LogP contribution in [0, 0.1) is 0 Å². The van der Waals surface area contributed by atoms with Crippen LogP contribution in [0.4, 0.5) is 11.4 Å². The lowest BCUT2D eigenvalue weighted by Crippen LogP contribution is -2.45. The third kappa shape index (κ3) is 5.85. The Morgan fingerprint density at radius 1 is 1.09 bits per heavy atom. The molecule has 0 aromatic heterocycles. The van der Waals surface area contributed by atoms with Gasteiger partial charge in [-0.2, -0.15) is 0 Å². The average Bonchev–Trinajstić information content (AvgIpc) is 3.36. The number of para-hydroxylation sites is 1. The van der Waals surface area contributed by atoms with Gasteiger partial charge in [0, 0.05) is 19.2 Å². The maximum atomic E-state index is 13.2. The van der Waals surface area contributed by atoms with Gasteiger partial charge in [0.25, 0.3) is 5.91 Å². The number of rotatable bonds is 8. The molecule has 1 fully saturated rings. The number of nitrogens with zero attached hydrogens (tertiary/aromatic N) is 1. The SMILES string of the molecule is C[C@@H](C(=O)Nc1ccccc1C(=O)NC[C@H]1CCCO1)N(c1ccc2c(c1)OCCO2)S(C)(=O)=O. The van der Waals surface area contributed by atoms with E-state index in [4.69, 9.17) is 14.2 Å². The van der Waals surface area contributed by atoms with E-state index in [9.17, 15) is 18.0 Å². The third-order valence-corrected chi connectivity index (χ3v) is 7.05. The standard InChI is InChI=1S/C24H29N3O7S/c1-16(27(35(2,30)31)17-9-10-21-22(14-17)34-13-12-33-21)23(28)26-20-8-4-3-7-19(20)24(29)25-15-18-6-5-11-32-18/h3-4,7-10,14,16,18H,5-6,11-13,15H2,1-2H3,(H,25,29)(H,26,28)/t16-,18+/m0/s1. The number of nitrogens with one attached hydrogen (secondary N) is 2. The lowest BCUT2D eigenvalue weighted by Gasteiger charge is -2.29. The Morgan fingerprint density at radius 3 is 2.54 bits per heavy atom. The molecule has 188 valence electrons. The first-order valence-electron chi connectivity index (χ1n) is 11.4. The van der Waals surface area contributed by atoms with Crippen molar-refractivity contribution < 1.29 is 32.2 Å². The summed E-state index contributed by atoms with van der Waals surface area (Å²) in [6.07, 6.45) is 2.86. The maximum absolute atomic E-state index is 13.2. The highest BCUT2D eigenvalue weighted by atomic mass is 32.2. The van der Waals surface area contributed by atoms with Crippen molar-refractivity contribution >= 4 is 33.2 Å². The summed E-state index contributed by atoms with van der Waals surface area (Å²) in [5.74, 6) is -0.0303. The molecule has 2 N–H and O–H groups in total. The Labute approximate surface area is 204 Å². The summed E-state index contributed by atoms with van der Waals surface area (Å²) in [5, 5.41) is 5.55. The van der Waals surface area contributed by atoms with Gasteiger partial charge in [-0.15, -0.1) is 0 Å². The molecular formula is C24H29N3O7S. The van der Waals surface area contributed by atoms with E-state index in [0.717, 1.165) is 23.4 Å². The predicted molar refractivity (Wildman–Crippen MR) is 131 cm³/mol. The molecule has 0 aliphatic carbocycles. The molecule has 0 spiro atoms. The molecule has 11 heteroatoms. The van der Waals surface area contributed by atoms with Crippen LogP contribution in [0.2, 0.25) is 0 Å². The molecule has 2 amide bonds. The molecule has 0 radical (unpaired) electrons. The Balaban J connectivity index is 1.52. The van der Waals surface area contributed by atoms with Crippen LogP contribution >= 0.6 is 0 Å². The van der Waals surface area contributed by atoms with Crippen LogP contribution in [0.5, 0.6) is 11.5 Å². The zero-order valence-corrected chi connectivity index (χ0v) is 20.5. The number of hydrogen-bond donors (Lipinski definition) is 2. The van der Waals surface area contributed by atoms with E-state index in [1.807, 2.05) is 0 Å². The zero-order chi connectivity index (χ0) is 25.0.